The van der Waals surface area contributed by atoms with Crippen LogP contribution in [-0.2, 0) is 0 Å². The van der Waals surface area contributed by atoms with Gasteiger partial charge in [0.05, 0.1) is 12.0 Å². The zero-order valence-electron chi connectivity index (χ0n) is 13.9. The minimum atomic E-state index is -0.0436. The number of benzene rings is 1. The van der Waals surface area contributed by atoms with Crippen molar-refractivity contribution in [3.63, 3.8) is 0 Å². The second-order valence-electron chi connectivity index (χ2n) is 6.43. The van der Waals surface area contributed by atoms with E-state index in [1.165, 1.54) is 0 Å². The SMILES string of the molecule is CC1CCN(C(=O)c2cc(-c3ccco3)n(-c3cccc(Cl)c3)n2)C1. The summed E-state index contributed by atoms with van der Waals surface area (Å²) in [5, 5.41) is 5.16. The van der Waals surface area contributed by atoms with E-state index in [1.54, 1.807) is 23.1 Å². The molecule has 3 aromatic rings. The number of amides is 1. The van der Waals surface area contributed by atoms with Crippen molar-refractivity contribution >= 4 is 17.5 Å². The van der Waals surface area contributed by atoms with Crippen molar-refractivity contribution in [3.05, 3.63) is 59.4 Å². The predicted octanol–water partition coefficient (Wildman–Crippen LogP) is 4.27. The van der Waals surface area contributed by atoms with Gasteiger partial charge in [0, 0.05) is 24.2 Å². The maximum absolute atomic E-state index is 12.8. The molecule has 6 heteroatoms. The number of rotatable bonds is 3. The molecule has 1 amide bonds. The van der Waals surface area contributed by atoms with Crippen LogP contribution in [0.3, 0.4) is 0 Å². The lowest BCUT2D eigenvalue weighted by molar-refractivity contribution is 0.0782. The molecule has 0 radical (unpaired) electrons. The number of hydrogen-bond acceptors (Lipinski definition) is 3. The fraction of sp³-hybridized carbons (Fsp3) is 0.263. The summed E-state index contributed by atoms with van der Waals surface area (Å²) in [6, 6.07) is 12.8. The topological polar surface area (TPSA) is 51.3 Å². The third-order valence-corrected chi connectivity index (χ3v) is 4.70. The van der Waals surface area contributed by atoms with Crippen LogP contribution < -0.4 is 0 Å². The lowest BCUT2D eigenvalue weighted by Crippen LogP contribution is -2.28. The monoisotopic (exact) mass is 355 g/mol. The number of likely N-dealkylation sites (tertiary alicyclic amines) is 1. The maximum atomic E-state index is 12.8. The number of nitrogens with zero attached hydrogens (tertiary/aromatic N) is 3. The molecular formula is C19H18ClN3O2. The van der Waals surface area contributed by atoms with Gasteiger partial charge in [-0.05, 0) is 42.7 Å². The van der Waals surface area contributed by atoms with E-state index in [2.05, 4.69) is 12.0 Å². The average Bonchev–Trinajstić information content (AvgIpc) is 3.34. The van der Waals surface area contributed by atoms with Crippen molar-refractivity contribution in [2.45, 2.75) is 13.3 Å². The molecule has 1 saturated heterocycles. The van der Waals surface area contributed by atoms with Gasteiger partial charge in [0.25, 0.3) is 5.91 Å². The molecule has 1 atom stereocenters. The van der Waals surface area contributed by atoms with Crippen LogP contribution in [0.5, 0.6) is 0 Å². The van der Waals surface area contributed by atoms with Crippen LogP contribution in [0.1, 0.15) is 23.8 Å². The fourth-order valence-corrected chi connectivity index (χ4v) is 3.36. The molecule has 4 rings (SSSR count). The highest BCUT2D eigenvalue weighted by molar-refractivity contribution is 6.30. The zero-order chi connectivity index (χ0) is 17.4. The Morgan fingerprint density at radius 2 is 2.16 bits per heavy atom. The van der Waals surface area contributed by atoms with Crippen molar-refractivity contribution in [3.8, 4) is 17.1 Å². The Hall–Kier alpha value is -2.53. The fourth-order valence-electron chi connectivity index (χ4n) is 3.17. The largest absolute Gasteiger partial charge is 0.463 e. The highest BCUT2D eigenvalue weighted by Gasteiger charge is 2.27. The first-order valence-corrected chi connectivity index (χ1v) is 8.69. The van der Waals surface area contributed by atoms with Gasteiger partial charge < -0.3 is 9.32 Å². The smallest absolute Gasteiger partial charge is 0.274 e. The van der Waals surface area contributed by atoms with Crippen molar-refractivity contribution in [1.29, 1.82) is 0 Å². The highest BCUT2D eigenvalue weighted by atomic mass is 35.5. The molecule has 25 heavy (non-hydrogen) atoms. The number of hydrogen-bond donors (Lipinski definition) is 0. The predicted molar refractivity (Wildman–Crippen MR) is 96.0 cm³/mol. The van der Waals surface area contributed by atoms with Crippen LogP contribution in [0, 0.1) is 5.92 Å². The molecule has 0 bridgehead atoms. The van der Waals surface area contributed by atoms with Gasteiger partial charge >= 0.3 is 0 Å². The summed E-state index contributed by atoms with van der Waals surface area (Å²) >= 11 is 6.12. The standard InChI is InChI=1S/C19H18ClN3O2/c1-13-7-8-22(12-13)19(24)16-11-17(18-6-3-9-25-18)23(21-16)15-5-2-4-14(20)10-15/h2-6,9-11,13H,7-8,12H2,1H3. The molecule has 5 nitrogen and oxygen atoms in total. The lowest BCUT2D eigenvalue weighted by atomic mass is 10.2. The van der Waals surface area contributed by atoms with Crippen LogP contribution in [0.2, 0.25) is 5.02 Å². The molecule has 0 N–H and O–H groups in total. The van der Waals surface area contributed by atoms with Crippen molar-refractivity contribution in [2.75, 3.05) is 13.1 Å². The van der Waals surface area contributed by atoms with E-state index in [0.717, 1.165) is 30.9 Å². The van der Waals surface area contributed by atoms with Crippen LogP contribution in [-0.4, -0.2) is 33.7 Å². The molecule has 1 aliphatic heterocycles. The second-order valence-corrected chi connectivity index (χ2v) is 6.87. The lowest BCUT2D eigenvalue weighted by Gasteiger charge is -2.13. The van der Waals surface area contributed by atoms with E-state index in [4.69, 9.17) is 16.0 Å². The van der Waals surface area contributed by atoms with Gasteiger partial charge in [0.15, 0.2) is 11.5 Å². The zero-order valence-corrected chi connectivity index (χ0v) is 14.6. The molecule has 1 unspecified atom stereocenters. The first kappa shape index (κ1) is 16.0. The number of furan rings is 1. The first-order valence-electron chi connectivity index (χ1n) is 8.31. The Kier molecular flexibility index (Phi) is 4.09. The third kappa shape index (κ3) is 3.07. The molecule has 3 heterocycles. The van der Waals surface area contributed by atoms with Crippen LogP contribution in [0.15, 0.2) is 53.1 Å². The molecule has 0 saturated carbocycles. The Morgan fingerprint density at radius 3 is 2.84 bits per heavy atom. The van der Waals surface area contributed by atoms with E-state index in [0.29, 0.717) is 22.4 Å². The molecule has 0 aliphatic carbocycles. The van der Waals surface area contributed by atoms with Gasteiger partial charge in [0.1, 0.15) is 5.69 Å². The Labute approximate surface area is 150 Å². The Bertz CT molecular complexity index is 901. The summed E-state index contributed by atoms with van der Waals surface area (Å²) in [5.74, 6) is 1.14. The van der Waals surface area contributed by atoms with E-state index in [1.807, 2.05) is 35.2 Å². The van der Waals surface area contributed by atoms with Crippen molar-refractivity contribution < 1.29 is 9.21 Å². The number of carbonyl (C=O) groups excluding carboxylic acids is 1. The van der Waals surface area contributed by atoms with Gasteiger partial charge in [-0.3, -0.25) is 4.79 Å². The quantitative estimate of drug-likeness (QED) is 0.705. The van der Waals surface area contributed by atoms with Crippen LogP contribution >= 0.6 is 11.6 Å². The third-order valence-electron chi connectivity index (χ3n) is 4.47. The van der Waals surface area contributed by atoms with E-state index in [-0.39, 0.29) is 5.91 Å². The summed E-state index contributed by atoms with van der Waals surface area (Å²) in [4.78, 5) is 14.7. The van der Waals surface area contributed by atoms with Crippen LogP contribution in [0.25, 0.3) is 17.1 Å². The second kappa shape index (κ2) is 6.41. The summed E-state index contributed by atoms with van der Waals surface area (Å²) in [6.07, 6.45) is 2.64. The van der Waals surface area contributed by atoms with E-state index in [9.17, 15) is 4.79 Å². The first-order chi connectivity index (χ1) is 12.1. The number of halogens is 1. The molecule has 1 aromatic carbocycles. The molecule has 2 aromatic heterocycles. The van der Waals surface area contributed by atoms with Gasteiger partial charge in [-0.1, -0.05) is 24.6 Å². The minimum Gasteiger partial charge on any atom is -0.463 e. The molecule has 0 spiro atoms. The average molecular weight is 356 g/mol. The normalized spacial score (nSPS) is 17.2. The van der Waals surface area contributed by atoms with Gasteiger partial charge in [-0.2, -0.15) is 5.10 Å². The maximum Gasteiger partial charge on any atom is 0.274 e. The minimum absolute atomic E-state index is 0.0436. The number of aromatic nitrogens is 2. The Morgan fingerprint density at radius 1 is 1.28 bits per heavy atom. The molecule has 128 valence electrons. The number of carbonyl (C=O) groups is 1. The molecule has 1 fully saturated rings. The van der Waals surface area contributed by atoms with Gasteiger partial charge in [-0.15, -0.1) is 0 Å². The van der Waals surface area contributed by atoms with E-state index >= 15 is 0 Å². The summed E-state index contributed by atoms with van der Waals surface area (Å²) in [5.41, 5.74) is 1.93. The summed E-state index contributed by atoms with van der Waals surface area (Å²) in [7, 11) is 0. The van der Waals surface area contributed by atoms with Crippen molar-refractivity contribution in [2.24, 2.45) is 5.92 Å². The molecule has 1 aliphatic rings. The van der Waals surface area contributed by atoms with Gasteiger partial charge in [0.2, 0.25) is 0 Å². The van der Waals surface area contributed by atoms with E-state index < -0.39 is 0 Å². The van der Waals surface area contributed by atoms with Gasteiger partial charge in [-0.25, -0.2) is 4.68 Å². The summed E-state index contributed by atoms with van der Waals surface area (Å²) < 4.78 is 7.23. The van der Waals surface area contributed by atoms with Crippen LogP contribution in [0.4, 0.5) is 0 Å². The summed E-state index contributed by atoms with van der Waals surface area (Å²) in [6.45, 7) is 3.71. The highest BCUT2D eigenvalue weighted by Crippen LogP contribution is 2.27. The Balaban J connectivity index is 1.77. The van der Waals surface area contributed by atoms with Crippen molar-refractivity contribution in [1.82, 2.24) is 14.7 Å². The molecular weight excluding hydrogens is 338 g/mol.